The summed E-state index contributed by atoms with van der Waals surface area (Å²) in [5, 5.41) is 3.48. The number of alkyl halides is 1. The third-order valence-corrected chi connectivity index (χ3v) is 9.18. The molecule has 4 heteroatoms. The Labute approximate surface area is 176 Å². The molecule has 4 atom stereocenters. The number of carbonyl (C=O) groups is 1. The highest BCUT2D eigenvalue weighted by Crippen LogP contribution is 2.69. The van der Waals surface area contributed by atoms with Crippen molar-refractivity contribution in [2.24, 2.45) is 17.1 Å². The molecular weight excluding hydrogens is 447 g/mol. The molecule has 0 spiro atoms. The lowest BCUT2D eigenvalue weighted by molar-refractivity contribution is -0.147. The highest BCUT2D eigenvalue weighted by molar-refractivity contribution is 14.1. The first kappa shape index (κ1) is 18.4. The van der Waals surface area contributed by atoms with Crippen LogP contribution in [0.4, 0.5) is 0 Å². The number of nitrogens with one attached hydrogen (secondary N) is 1. The zero-order chi connectivity index (χ0) is 18.7. The van der Waals surface area contributed by atoms with Gasteiger partial charge in [0.25, 0.3) is 0 Å². The third kappa shape index (κ3) is 3.15. The predicted octanol–water partition coefficient (Wildman–Crippen LogP) is 4.47. The van der Waals surface area contributed by atoms with Crippen molar-refractivity contribution in [2.75, 3.05) is 0 Å². The van der Waals surface area contributed by atoms with E-state index in [1.807, 2.05) is 0 Å². The van der Waals surface area contributed by atoms with Gasteiger partial charge < -0.3 is 11.1 Å². The fourth-order valence-corrected chi connectivity index (χ4v) is 9.37. The maximum absolute atomic E-state index is 13.6. The lowest BCUT2D eigenvalue weighted by atomic mass is 9.42. The highest BCUT2D eigenvalue weighted by atomic mass is 127. The Morgan fingerprint density at radius 3 is 2.44 bits per heavy atom. The fourth-order valence-electron chi connectivity index (χ4n) is 7.29. The SMILES string of the molecule is NC1CCC(NC(=O)C23CC4C[C@@](I)(C2)C[C@](c2ccccc2)(C4)C3)CC1. The molecule has 1 aromatic carbocycles. The first-order valence-corrected chi connectivity index (χ1v) is 11.8. The van der Waals surface area contributed by atoms with E-state index >= 15 is 0 Å². The quantitative estimate of drug-likeness (QED) is 0.498. The normalized spacial score (nSPS) is 45.6. The Balaban J connectivity index is 1.43. The maximum Gasteiger partial charge on any atom is 0.226 e. The molecule has 3 N–H and O–H groups in total. The molecule has 0 radical (unpaired) electrons. The van der Waals surface area contributed by atoms with E-state index in [9.17, 15) is 4.79 Å². The molecule has 4 bridgehead atoms. The highest BCUT2D eigenvalue weighted by Gasteiger charge is 2.65. The van der Waals surface area contributed by atoms with Gasteiger partial charge in [0.15, 0.2) is 0 Å². The van der Waals surface area contributed by atoms with Crippen molar-refractivity contribution in [3.8, 4) is 0 Å². The lowest BCUT2D eigenvalue weighted by Crippen LogP contribution is -2.64. The Hall–Kier alpha value is -0.620. The second-order valence-corrected chi connectivity index (χ2v) is 12.5. The van der Waals surface area contributed by atoms with Crippen LogP contribution in [0, 0.1) is 11.3 Å². The number of halogens is 1. The van der Waals surface area contributed by atoms with Crippen LogP contribution >= 0.6 is 22.6 Å². The van der Waals surface area contributed by atoms with Gasteiger partial charge in [0.2, 0.25) is 5.91 Å². The summed E-state index contributed by atoms with van der Waals surface area (Å²) in [7, 11) is 0. The second-order valence-electron chi connectivity index (χ2n) is 10.2. The largest absolute Gasteiger partial charge is 0.353 e. The van der Waals surface area contributed by atoms with Crippen molar-refractivity contribution >= 4 is 28.5 Å². The van der Waals surface area contributed by atoms with Gasteiger partial charge in [-0.2, -0.15) is 0 Å². The molecule has 5 aliphatic carbocycles. The van der Waals surface area contributed by atoms with Crippen LogP contribution in [0.15, 0.2) is 30.3 Å². The molecule has 5 fully saturated rings. The third-order valence-electron chi connectivity index (χ3n) is 7.98. The monoisotopic (exact) mass is 478 g/mol. The number of nitrogens with two attached hydrogens (primary N) is 1. The number of amides is 1. The summed E-state index contributed by atoms with van der Waals surface area (Å²) in [5.74, 6) is 1.05. The van der Waals surface area contributed by atoms with Crippen LogP contribution in [0.3, 0.4) is 0 Å². The molecule has 1 amide bonds. The van der Waals surface area contributed by atoms with Crippen molar-refractivity contribution in [3.05, 3.63) is 35.9 Å². The summed E-state index contributed by atoms with van der Waals surface area (Å²) in [6, 6.07) is 11.7. The number of rotatable bonds is 3. The van der Waals surface area contributed by atoms with E-state index in [1.165, 1.54) is 24.8 Å². The summed E-state index contributed by atoms with van der Waals surface area (Å²) in [6.07, 6.45) is 11.2. The summed E-state index contributed by atoms with van der Waals surface area (Å²) >= 11 is 2.72. The Kier molecular flexibility index (Phi) is 4.39. The van der Waals surface area contributed by atoms with Gasteiger partial charge in [0, 0.05) is 15.5 Å². The van der Waals surface area contributed by atoms with Crippen molar-refractivity contribution in [1.82, 2.24) is 5.32 Å². The molecular formula is C23H31IN2O. The second kappa shape index (κ2) is 6.45. The van der Waals surface area contributed by atoms with Gasteiger partial charge >= 0.3 is 0 Å². The summed E-state index contributed by atoms with van der Waals surface area (Å²) < 4.78 is 0.291. The molecule has 0 heterocycles. The topological polar surface area (TPSA) is 55.1 Å². The van der Waals surface area contributed by atoms with Gasteiger partial charge in [-0.3, -0.25) is 4.79 Å². The molecule has 146 valence electrons. The van der Waals surface area contributed by atoms with E-state index in [-0.39, 0.29) is 10.8 Å². The van der Waals surface area contributed by atoms with Crippen molar-refractivity contribution in [1.29, 1.82) is 0 Å². The molecule has 2 unspecified atom stereocenters. The number of hydrogen-bond donors (Lipinski definition) is 2. The number of benzene rings is 1. The molecule has 0 saturated heterocycles. The lowest BCUT2D eigenvalue weighted by Gasteiger charge is -2.64. The zero-order valence-electron chi connectivity index (χ0n) is 16.1. The van der Waals surface area contributed by atoms with Crippen LogP contribution in [0.5, 0.6) is 0 Å². The van der Waals surface area contributed by atoms with E-state index in [1.54, 1.807) is 0 Å². The molecule has 0 aliphatic heterocycles. The zero-order valence-corrected chi connectivity index (χ0v) is 18.2. The minimum absolute atomic E-state index is 0.157. The Morgan fingerprint density at radius 1 is 1.00 bits per heavy atom. The van der Waals surface area contributed by atoms with Gasteiger partial charge in [0.1, 0.15) is 0 Å². The van der Waals surface area contributed by atoms with Crippen LogP contribution in [0.2, 0.25) is 0 Å². The van der Waals surface area contributed by atoms with Crippen LogP contribution in [0.1, 0.15) is 69.8 Å². The number of carbonyl (C=O) groups excluding carboxylic acids is 1. The molecule has 27 heavy (non-hydrogen) atoms. The van der Waals surface area contributed by atoms with Crippen molar-refractivity contribution in [2.45, 2.75) is 85.1 Å². The van der Waals surface area contributed by atoms with E-state index in [0.717, 1.165) is 44.9 Å². The average Bonchev–Trinajstić information content (AvgIpc) is 2.62. The Morgan fingerprint density at radius 2 is 1.74 bits per heavy atom. The van der Waals surface area contributed by atoms with Crippen LogP contribution < -0.4 is 11.1 Å². The molecule has 1 aromatic rings. The summed E-state index contributed by atoms with van der Waals surface area (Å²) in [6.45, 7) is 0. The van der Waals surface area contributed by atoms with E-state index in [4.69, 9.17) is 5.73 Å². The molecule has 5 aliphatic rings. The summed E-state index contributed by atoms with van der Waals surface area (Å²) in [5.41, 5.74) is 7.57. The smallest absolute Gasteiger partial charge is 0.226 e. The van der Waals surface area contributed by atoms with Crippen LogP contribution in [-0.4, -0.2) is 21.4 Å². The predicted molar refractivity (Wildman–Crippen MR) is 117 cm³/mol. The van der Waals surface area contributed by atoms with Crippen LogP contribution in [-0.2, 0) is 10.2 Å². The van der Waals surface area contributed by atoms with Gasteiger partial charge in [0.05, 0.1) is 5.41 Å². The minimum Gasteiger partial charge on any atom is -0.353 e. The van der Waals surface area contributed by atoms with Crippen molar-refractivity contribution < 1.29 is 4.79 Å². The van der Waals surface area contributed by atoms with Crippen LogP contribution in [0.25, 0.3) is 0 Å². The van der Waals surface area contributed by atoms with Gasteiger partial charge in [-0.15, -0.1) is 0 Å². The molecule has 6 rings (SSSR count). The van der Waals surface area contributed by atoms with E-state index < -0.39 is 0 Å². The summed E-state index contributed by atoms with van der Waals surface area (Å²) in [4.78, 5) is 13.6. The van der Waals surface area contributed by atoms with E-state index in [2.05, 4.69) is 58.2 Å². The first-order chi connectivity index (χ1) is 12.9. The van der Waals surface area contributed by atoms with Gasteiger partial charge in [-0.1, -0.05) is 52.9 Å². The number of hydrogen-bond acceptors (Lipinski definition) is 2. The first-order valence-electron chi connectivity index (χ1n) is 10.7. The maximum atomic E-state index is 13.6. The Bertz CT molecular complexity index is 731. The molecule has 3 nitrogen and oxygen atoms in total. The molecule has 0 aromatic heterocycles. The standard InChI is InChI=1S/C23H31IN2O/c24-23-12-16-10-21(14-23,17-4-2-1-3-5-17)13-22(11-16,15-23)20(27)26-19-8-6-18(25)7-9-19/h1-5,16,18-19H,6-15,25H2,(H,26,27)/t16?,18?,19?,21-,22?,23-/m0/s1. The molecule has 5 saturated carbocycles. The van der Waals surface area contributed by atoms with Crippen molar-refractivity contribution in [3.63, 3.8) is 0 Å². The minimum atomic E-state index is -0.157. The van der Waals surface area contributed by atoms with Gasteiger partial charge in [-0.05, 0) is 81.1 Å². The fraction of sp³-hybridized carbons (Fsp3) is 0.696. The van der Waals surface area contributed by atoms with Gasteiger partial charge in [-0.25, -0.2) is 0 Å². The van der Waals surface area contributed by atoms with E-state index in [0.29, 0.717) is 27.3 Å². The average molecular weight is 478 g/mol.